The van der Waals surface area contributed by atoms with Gasteiger partial charge in [-0.25, -0.2) is 4.79 Å². The molecule has 0 radical (unpaired) electrons. The Balaban J connectivity index is 2.65. The Kier molecular flexibility index (Phi) is 3.57. The highest BCUT2D eigenvalue weighted by molar-refractivity contribution is 5.65. The van der Waals surface area contributed by atoms with Gasteiger partial charge in [0, 0.05) is 18.6 Å². The molecular formula is C10H20N2O3. The molecule has 0 spiro atoms. The van der Waals surface area contributed by atoms with Crippen LogP contribution < -0.4 is 5.73 Å². The average Bonchev–Trinajstić information content (AvgIpc) is 2.05. The number of rotatable bonds is 2. The second-order valence-corrected chi connectivity index (χ2v) is 4.94. The van der Waals surface area contributed by atoms with Crippen molar-refractivity contribution in [3.63, 3.8) is 0 Å². The summed E-state index contributed by atoms with van der Waals surface area (Å²) in [5, 5.41) is 18.7. The van der Waals surface area contributed by atoms with Gasteiger partial charge in [-0.15, -0.1) is 0 Å². The Hall–Kier alpha value is -0.810. The lowest BCUT2D eigenvalue weighted by molar-refractivity contribution is 0.0220. The summed E-state index contributed by atoms with van der Waals surface area (Å²) in [7, 11) is 0. The van der Waals surface area contributed by atoms with E-state index < -0.39 is 11.7 Å². The van der Waals surface area contributed by atoms with Crippen molar-refractivity contribution in [2.24, 2.45) is 5.73 Å². The number of likely N-dealkylation sites (tertiary alicyclic amines) is 1. The van der Waals surface area contributed by atoms with E-state index in [-0.39, 0.29) is 12.1 Å². The highest BCUT2D eigenvalue weighted by Crippen LogP contribution is 2.24. The molecule has 0 unspecified atom stereocenters. The van der Waals surface area contributed by atoms with E-state index in [1.165, 1.54) is 4.90 Å². The molecule has 1 saturated heterocycles. The lowest BCUT2D eigenvalue weighted by atomic mass is 9.90. The zero-order valence-corrected chi connectivity index (χ0v) is 9.31. The zero-order chi connectivity index (χ0) is 11.6. The van der Waals surface area contributed by atoms with Crippen molar-refractivity contribution in [1.82, 2.24) is 4.90 Å². The minimum absolute atomic E-state index is 0.0702. The first kappa shape index (κ1) is 12.3. The van der Waals surface area contributed by atoms with Gasteiger partial charge >= 0.3 is 6.09 Å². The largest absolute Gasteiger partial charge is 0.465 e. The van der Waals surface area contributed by atoms with Crippen molar-refractivity contribution in [1.29, 1.82) is 0 Å². The Morgan fingerprint density at radius 3 is 2.60 bits per heavy atom. The minimum atomic E-state index is -0.945. The molecule has 0 bridgehead atoms. The summed E-state index contributed by atoms with van der Waals surface area (Å²) in [5.74, 6) is 0. The molecule has 1 aliphatic rings. The molecule has 88 valence electrons. The van der Waals surface area contributed by atoms with Crippen molar-refractivity contribution >= 4 is 6.09 Å². The van der Waals surface area contributed by atoms with Crippen molar-refractivity contribution in [2.45, 2.75) is 50.8 Å². The molecule has 1 fully saturated rings. The first-order valence-corrected chi connectivity index (χ1v) is 5.27. The van der Waals surface area contributed by atoms with Gasteiger partial charge in [-0.2, -0.15) is 0 Å². The van der Waals surface area contributed by atoms with Gasteiger partial charge in [-0.3, -0.25) is 0 Å². The quantitative estimate of drug-likeness (QED) is 0.631. The second-order valence-electron chi connectivity index (χ2n) is 4.94. The van der Waals surface area contributed by atoms with Crippen LogP contribution in [0, 0.1) is 0 Å². The molecule has 0 aromatic rings. The van der Waals surface area contributed by atoms with Crippen molar-refractivity contribution in [2.75, 3.05) is 6.54 Å². The molecule has 1 aliphatic heterocycles. The fourth-order valence-electron chi connectivity index (χ4n) is 2.08. The summed E-state index contributed by atoms with van der Waals surface area (Å²) < 4.78 is 0. The molecule has 5 nitrogen and oxygen atoms in total. The van der Waals surface area contributed by atoms with Crippen molar-refractivity contribution in [3.05, 3.63) is 0 Å². The van der Waals surface area contributed by atoms with Crippen LogP contribution in [0.3, 0.4) is 0 Å². The van der Waals surface area contributed by atoms with Gasteiger partial charge in [0.25, 0.3) is 0 Å². The van der Waals surface area contributed by atoms with Gasteiger partial charge in [-0.05, 0) is 33.1 Å². The third kappa shape index (κ3) is 3.68. The van der Waals surface area contributed by atoms with E-state index in [4.69, 9.17) is 10.8 Å². The Morgan fingerprint density at radius 1 is 1.53 bits per heavy atom. The van der Waals surface area contributed by atoms with E-state index in [0.29, 0.717) is 13.0 Å². The molecule has 15 heavy (non-hydrogen) atoms. The van der Waals surface area contributed by atoms with Crippen LogP contribution in [0.4, 0.5) is 4.79 Å². The smallest absolute Gasteiger partial charge is 0.407 e. The fourth-order valence-corrected chi connectivity index (χ4v) is 2.08. The lowest BCUT2D eigenvalue weighted by Gasteiger charge is -2.39. The number of piperidine rings is 1. The third-order valence-electron chi connectivity index (χ3n) is 2.72. The highest BCUT2D eigenvalue weighted by Gasteiger charge is 2.33. The Morgan fingerprint density at radius 2 is 2.13 bits per heavy atom. The van der Waals surface area contributed by atoms with E-state index in [1.807, 2.05) is 0 Å². The number of hydrogen-bond donors (Lipinski definition) is 3. The standard InChI is InChI=1S/C10H20N2O3/c1-10(2,15)5-8-4-3-7(11)6-12(8)9(13)14/h7-8,15H,3-6,11H2,1-2H3,(H,13,14)/t7-,8-/m1/s1. The van der Waals surface area contributed by atoms with Crippen LogP contribution in [0.25, 0.3) is 0 Å². The average molecular weight is 216 g/mol. The predicted octanol–water partition coefficient (Wildman–Crippen LogP) is 0.617. The molecule has 0 aromatic carbocycles. The molecule has 2 atom stereocenters. The van der Waals surface area contributed by atoms with Gasteiger partial charge in [0.05, 0.1) is 5.60 Å². The van der Waals surface area contributed by atoms with Crippen LogP contribution in [0.1, 0.15) is 33.1 Å². The highest BCUT2D eigenvalue weighted by atomic mass is 16.4. The first-order valence-electron chi connectivity index (χ1n) is 5.27. The number of amides is 1. The van der Waals surface area contributed by atoms with E-state index in [0.717, 1.165) is 12.8 Å². The number of carbonyl (C=O) groups is 1. The lowest BCUT2D eigenvalue weighted by Crippen LogP contribution is -2.52. The van der Waals surface area contributed by atoms with Gasteiger partial charge in [0.2, 0.25) is 0 Å². The summed E-state index contributed by atoms with van der Waals surface area (Å²) in [4.78, 5) is 12.3. The monoisotopic (exact) mass is 216 g/mol. The summed E-state index contributed by atoms with van der Waals surface area (Å²) in [5.41, 5.74) is 4.89. The molecule has 0 saturated carbocycles. The molecule has 1 heterocycles. The van der Waals surface area contributed by atoms with Crippen LogP contribution in [-0.4, -0.2) is 45.4 Å². The number of nitrogens with zero attached hydrogens (tertiary/aromatic N) is 1. The van der Waals surface area contributed by atoms with Crippen LogP contribution in [0.2, 0.25) is 0 Å². The maximum Gasteiger partial charge on any atom is 0.407 e. The van der Waals surface area contributed by atoms with Gasteiger partial charge in [-0.1, -0.05) is 0 Å². The SMILES string of the molecule is CC(C)(O)C[C@H]1CC[C@@H](N)CN1C(=O)O. The van der Waals surface area contributed by atoms with Crippen LogP contribution in [0.15, 0.2) is 0 Å². The number of nitrogens with two attached hydrogens (primary N) is 1. The molecule has 1 amide bonds. The number of carboxylic acid groups (broad SMARTS) is 1. The van der Waals surface area contributed by atoms with Gasteiger partial charge < -0.3 is 20.8 Å². The molecule has 0 aliphatic carbocycles. The van der Waals surface area contributed by atoms with Gasteiger partial charge in [0.1, 0.15) is 0 Å². The van der Waals surface area contributed by atoms with E-state index in [9.17, 15) is 9.90 Å². The molecule has 4 N–H and O–H groups in total. The summed E-state index contributed by atoms with van der Waals surface area (Å²) in [6, 6.07) is -0.179. The van der Waals surface area contributed by atoms with Crippen LogP contribution >= 0.6 is 0 Å². The topological polar surface area (TPSA) is 86.8 Å². The van der Waals surface area contributed by atoms with Gasteiger partial charge in [0.15, 0.2) is 0 Å². The predicted molar refractivity (Wildman–Crippen MR) is 56.6 cm³/mol. The third-order valence-corrected chi connectivity index (χ3v) is 2.72. The molecule has 0 aromatic heterocycles. The summed E-state index contributed by atoms with van der Waals surface area (Å²) in [6.45, 7) is 3.76. The number of hydrogen-bond acceptors (Lipinski definition) is 3. The second kappa shape index (κ2) is 4.37. The van der Waals surface area contributed by atoms with E-state index in [2.05, 4.69) is 0 Å². The van der Waals surface area contributed by atoms with Crippen molar-refractivity contribution < 1.29 is 15.0 Å². The molecule has 1 rings (SSSR count). The van der Waals surface area contributed by atoms with Crippen LogP contribution in [0.5, 0.6) is 0 Å². The van der Waals surface area contributed by atoms with Crippen molar-refractivity contribution in [3.8, 4) is 0 Å². The minimum Gasteiger partial charge on any atom is -0.465 e. The maximum absolute atomic E-state index is 11.0. The Labute approximate surface area is 89.9 Å². The Bertz CT molecular complexity index is 237. The molecular weight excluding hydrogens is 196 g/mol. The normalized spacial score (nSPS) is 27.9. The van der Waals surface area contributed by atoms with E-state index >= 15 is 0 Å². The molecule has 5 heteroatoms. The van der Waals surface area contributed by atoms with E-state index in [1.54, 1.807) is 13.8 Å². The summed E-state index contributed by atoms with van der Waals surface area (Å²) in [6.07, 6.45) is 1.08. The number of aliphatic hydroxyl groups is 1. The zero-order valence-electron chi connectivity index (χ0n) is 9.31. The maximum atomic E-state index is 11.0. The fraction of sp³-hybridized carbons (Fsp3) is 0.900. The first-order chi connectivity index (χ1) is 6.79. The van der Waals surface area contributed by atoms with Crippen LogP contribution in [-0.2, 0) is 0 Å². The summed E-state index contributed by atoms with van der Waals surface area (Å²) >= 11 is 0.